The number of likely N-dealkylation sites (N-methyl/N-ethyl adjacent to an activating group) is 1. The molecule has 1 aromatic carbocycles. The first-order chi connectivity index (χ1) is 18.7. The lowest BCUT2D eigenvalue weighted by Crippen LogP contribution is -2.48. The Hall–Kier alpha value is -3.92. The third-order valence-electron chi connectivity index (χ3n) is 8.00. The van der Waals surface area contributed by atoms with Gasteiger partial charge in [-0.2, -0.15) is 5.10 Å². The highest BCUT2D eigenvalue weighted by Gasteiger charge is 2.34. The first-order valence-corrected chi connectivity index (χ1v) is 13.5. The van der Waals surface area contributed by atoms with Crippen molar-refractivity contribution >= 4 is 28.6 Å². The summed E-state index contributed by atoms with van der Waals surface area (Å²) in [5.41, 5.74) is 4.53. The largest absolute Gasteiger partial charge is 0.336 e. The van der Waals surface area contributed by atoms with Crippen molar-refractivity contribution in [3.8, 4) is 11.3 Å². The van der Waals surface area contributed by atoms with E-state index in [1.54, 1.807) is 18.3 Å². The molecular weight excluding hydrogens is 495 g/mol. The number of hydrogen-bond acceptors (Lipinski definition) is 7. The van der Waals surface area contributed by atoms with Crippen molar-refractivity contribution in [3.63, 3.8) is 0 Å². The van der Waals surface area contributed by atoms with Crippen molar-refractivity contribution in [2.75, 3.05) is 38.0 Å². The molecule has 3 aromatic heterocycles. The summed E-state index contributed by atoms with van der Waals surface area (Å²) in [5.74, 6) is 0.180. The number of fused-ring (bicyclic) bond motifs is 3. The monoisotopic (exact) mass is 528 g/mol. The molecule has 5 heterocycles. The topological polar surface area (TPSA) is 92.1 Å². The summed E-state index contributed by atoms with van der Waals surface area (Å²) in [4.78, 5) is 30.1. The van der Waals surface area contributed by atoms with Crippen LogP contribution >= 0.6 is 0 Å². The second-order valence-electron chi connectivity index (χ2n) is 11.1. The number of nitrogens with one attached hydrogen (secondary N) is 1. The molecule has 0 saturated carbocycles. The summed E-state index contributed by atoms with van der Waals surface area (Å²) in [6.07, 6.45) is 3.75. The molecule has 4 aromatic rings. The second kappa shape index (κ2) is 9.68. The fourth-order valence-corrected chi connectivity index (χ4v) is 5.71. The van der Waals surface area contributed by atoms with Gasteiger partial charge in [0.15, 0.2) is 5.82 Å². The molecule has 39 heavy (non-hydrogen) atoms. The quantitative estimate of drug-likeness (QED) is 0.407. The predicted octanol–water partition coefficient (Wildman–Crippen LogP) is 4.54. The summed E-state index contributed by atoms with van der Waals surface area (Å²) in [7, 11) is 0. The molecule has 6 rings (SSSR count). The Labute approximate surface area is 227 Å². The van der Waals surface area contributed by atoms with E-state index in [0.29, 0.717) is 30.0 Å². The number of piperazine rings is 1. The van der Waals surface area contributed by atoms with Crippen LogP contribution in [0.2, 0.25) is 0 Å². The number of carbonyl (C=O) groups is 1. The highest BCUT2D eigenvalue weighted by molar-refractivity contribution is 5.94. The Morgan fingerprint density at radius 2 is 1.87 bits per heavy atom. The van der Waals surface area contributed by atoms with Crippen LogP contribution in [0.25, 0.3) is 22.2 Å². The fraction of sp³-hybridized carbons (Fsp3) is 0.414. The molecule has 1 fully saturated rings. The standard InChI is InChI=1S/C29H33FN8O/c1-5-36-10-12-37(13-11-36)27(39)19-6-7-23(31-16-19)33-28-32-17-22(30)25(34-28)20-14-18(2)24-21(15-20)26-29(3,4)8-9-38(26)35-24/h6-7,14-17H,5,8-13H2,1-4H3,(H,31,32,33,34). The summed E-state index contributed by atoms with van der Waals surface area (Å²) in [6, 6.07) is 7.37. The third-order valence-corrected chi connectivity index (χ3v) is 8.00. The molecule has 2 aliphatic rings. The summed E-state index contributed by atoms with van der Waals surface area (Å²) < 4.78 is 17.1. The van der Waals surface area contributed by atoms with Crippen LogP contribution in [-0.4, -0.2) is 73.2 Å². The minimum absolute atomic E-state index is 0.000183. The number of aryl methyl sites for hydroxylation is 2. The van der Waals surface area contributed by atoms with Crippen molar-refractivity contribution in [3.05, 3.63) is 59.3 Å². The highest BCUT2D eigenvalue weighted by Crippen LogP contribution is 2.41. The van der Waals surface area contributed by atoms with Gasteiger partial charge < -0.3 is 15.1 Å². The van der Waals surface area contributed by atoms with Gasteiger partial charge in [-0.3, -0.25) is 9.48 Å². The zero-order valence-electron chi connectivity index (χ0n) is 22.8. The van der Waals surface area contributed by atoms with E-state index < -0.39 is 5.82 Å². The molecule has 9 nitrogen and oxygen atoms in total. The lowest BCUT2D eigenvalue weighted by atomic mass is 9.86. The van der Waals surface area contributed by atoms with Crippen LogP contribution in [-0.2, 0) is 12.0 Å². The Balaban J connectivity index is 1.24. The number of rotatable bonds is 5. The van der Waals surface area contributed by atoms with Gasteiger partial charge in [-0.15, -0.1) is 0 Å². The lowest BCUT2D eigenvalue weighted by Gasteiger charge is -2.34. The van der Waals surface area contributed by atoms with E-state index in [2.05, 4.69) is 50.6 Å². The van der Waals surface area contributed by atoms with Crippen molar-refractivity contribution in [1.82, 2.24) is 34.5 Å². The van der Waals surface area contributed by atoms with Gasteiger partial charge in [0.2, 0.25) is 5.95 Å². The second-order valence-corrected chi connectivity index (χ2v) is 11.1. The SMILES string of the molecule is CCN1CCN(C(=O)c2ccc(Nc3ncc(F)c(-c4cc(C)c5nn6c(c5c4)C(C)(C)CC6)n3)nc2)CC1. The van der Waals surface area contributed by atoms with Crippen LogP contribution in [0.1, 0.15) is 48.8 Å². The third kappa shape index (κ3) is 4.63. The number of halogens is 1. The van der Waals surface area contributed by atoms with Crippen molar-refractivity contribution < 1.29 is 9.18 Å². The van der Waals surface area contributed by atoms with Crippen LogP contribution in [0.4, 0.5) is 16.2 Å². The van der Waals surface area contributed by atoms with Gasteiger partial charge in [0.05, 0.1) is 23.0 Å². The van der Waals surface area contributed by atoms with E-state index in [0.717, 1.165) is 49.1 Å². The van der Waals surface area contributed by atoms with E-state index in [-0.39, 0.29) is 23.0 Å². The molecule has 10 heteroatoms. The van der Waals surface area contributed by atoms with Crippen LogP contribution in [0, 0.1) is 12.7 Å². The summed E-state index contributed by atoms with van der Waals surface area (Å²) >= 11 is 0. The maximum Gasteiger partial charge on any atom is 0.255 e. The predicted molar refractivity (Wildman–Crippen MR) is 149 cm³/mol. The molecule has 1 amide bonds. The summed E-state index contributed by atoms with van der Waals surface area (Å²) in [5, 5.41) is 8.91. The van der Waals surface area contributed by atoms with Crippen LogP contribution in [0.15, 0.2) is 36.7 Å². The van der Waals surface area contributed by atoms with E-state index in [4.69, 9.17) is 5.10 Å². The molecule has 2 aliphatic heterocycles. The number of benzene rings is 1. The molecule has 0 bridgehead atoms. The Morgan fingerprint density at radius 3 is 2.59 bits per heavy atom. The molecular formula is C29H33FN8O. The first-order valence-electron chi connectivity index (χ1n) is 13.5. The van der Waals surface area contributed by atoms with E-state index >= 15 is 4.39 Å². The maximum atomic E-state index is 15.0. The van der Waals surface area contributed by atoms with Gasteiger partial charge in [-0.05, 0) is 49.7 Å². The zero-order valence-corrected chi connectivity index (χ0v) is 22.8. The smallest absolute Gasteiger partial charge is 0.255 e. The zero-order chi connectivity index (χ0) is 27.3. The molecule has 1 saturated heterocycles. The fourth-order valence-electron chi connectivity index (χ4n) is 5.71. The minimum Gasteiger partial charge on any atom is -0.336 e. The van der Waals surface area contributed by atoms with Crippen molar-refractivity contribution in [1.29, 1.82) is 0 Å². The van der Waals surface area contributed by atoms with Crippen molar-refractivity contribution in [2.45, 2.75) is 46.1 Å². The Kier molecular flexibility index (Phi) is 6.29. The molecule has 0 unspecified atom stereocenters. The average Bonchev–Trinajstić information content (AvgIpc) is 3.47. The average molecular weight is 529 g/mol. The number of anilines is 2. The highest BCUT2D eigenvalue weighted by atomic mass is 19.1. The van der Waals surface area contributed by atoms with Gasteiger partial charge in [0.1, 0.15) is 11.5 Å². The van der Waals surface area contributed by atoms with Crippen LogP contribution in [0.5, 0.6) is 0 Å². The van der Waals surface area contributed by atoms with Gasteiger partial charge in [0.25, 0.3) is 5.91 Å². The number of hydrogen-bond donors (Lipinski definition) is 1. The number of pyridine rings is 1. The van der Waals surface area contributed by atoms with Crippen LogP contribution < -0.4 is 5.32 Å². The molecule has 0 radical (unpaired) electrons. The molecule has 1 N–H and O–H groups in total. The van der Waals surface area contributed by atoms with E-state index in [9.17, 15) is 4.79 Å². The number of aromatic nitrogens is 5. The summed E-state index contributed by atoms with van der Waals surface area (Å²) in [6.45, 7) is 13.6. The van der Waals surface area contributed by atoms with Gasteiger partial charge >= 0.3 is 0 Å². The number of carbonyl (C=O) groups excluding carboxylic acids is 1. The van der Waals surface area contributed by atoms with Gasteiger partial charge in [-0.1, -0.05) is 20.8 Å². The normalized spacial score (nSPS) is 17.0. The van der Waals surface area contributed by atoms with E-state index in [1.807, 2.05) is 24.0 Å². The molecule has 0 atom stereocenters. The van der Waals surface area contributed by atoms with Crippen LogP contribution in [0.3, 0.4) is 0 Å². The molecule has 202 valence electrons. The number of nitrogens with zero attached hydrogens (tertiary/aromatic N) is 7. The number of amides is 1. The van der Waals surface area contributed by atoms with Crippen molar-refractivity contribution in [2.24, 2.45) is 0 Å². The van der Waals surface area contributed by atoms with Gasteiger partial charge in [-0.25, -0.2) is 19.3 Å². The lowest BCUT2D eigenvalue weighted by molar-refractivity contribution is 0.0643. The molecule has 0 spiro atoms. The Morgan fingerprint density at radius 1 is 1.08 bits per heavy atom. The molecule has 0 aliphatic carbocycles. The Bertz CT molecular complexity index is 1550. The van der Waals surface area contributed by atoms with Gasteiger partial charge in [0, 0.05) is 55.3 Å². The first kappa shape index (κ1) is 25.4. The maximum absolute atomic E-state index is 15.0. The minimum atomic E-state index is -0.501. The van der Waals surface area contributed by atoms with E-state index in [1.165, 1.54) is 11.9 Å².